The number of nitrogens with one attached hydrogen (secondary N) is 3. The van der Waals surface area contributed by atoms with Gasteiger partial charge in [-0.15, -0.1) is 0 Å². The Balaban J connectivity index is 1.45. The lowest BCUT2D eigenvalue weighted by molar-refractivity contribution is -0.136. The number of fused-ring (bicyclic) bond motifs is 1. The van der Waals surface area contributed by atoms with Crippen molar-refractivity contribution >= 4 is 29.0 Å². The quantitative estimate of drug-likeness (QED) is 0.140. The van der Waals surface area contributed by atoms with E-state index in [1.54, 1.807) is 31.3 Å². The Kier molecular flexibility index (Phi) is 8.44. The average Bonchev–Trinajstić information content (AvgIpc) is 2.92. The Hall–Kier alpha value is -4.57. The van der Waals surface area contributed by atoms with Gasteiger partial charge in [-0.05, 0) is 42.3 Å². The molecule has 10 heteroatoms. The molecule has 198 valence electrons. The van der Waals surface area contributed by atoms with Crippen molar-refractivity contribution in [1.82, 2.24) is 16.1 Å². The maximum absolute atomic E-state index is 12.4. The van der Waals surface area contributed by atoms with E-state index in [2.05, 4.69) is 21.2 Å². The lowest BCUT2D eigenvalue weighted by atomic mass is 9.95. The molecule has 1 aliphatic heterocycles. The van der Waals surface area contributed by atoms with Gasteiger partial charge in [-0.1, -0.05) is 48.5 Å². The van der Waals surface area contributed by atoms with Gasteiger partial charge < -0.3 is 30.0 Å². The molecule has 0 fully saturated rings. The van der Waals surface area contributed by atoms with Crippen LogP contribution >= 0.6 is 0 Å². The van der Waals surface area contributed by atoms with Crippen molar-refractivity contribution in [2.45, 2.75) is 26.1 Å². The second-order valence-electron chi connectivity index (χ2n) is 8.48. The zero-order valence-electron chi connectivity index (χ0n) is 21.4. The molecule has 0 spiro atoms. The van der Waals surface area contributed by atoms with Crippen molar-refractivity contribution in [3.8, 4) is 11.5 Å². The van der Waals surface area contributed by atoms with Gasteiger partial charge in [-0.3, -0.25) is 5.43 Å². The molecule has 1 heterocycles. The molecule has 0 radical (unpaired) electrons. The van der Waals surface area contributed by atoms with E-state index in [1.807, 2.05) is 49.4 Å². The number of hydrogen-bond donors (Lipinski definition) is 4. The lowest BCUT2D eigenvalue weighted by Gasteiger charge is -2.28. The summed E-state index contributed by atoms with van der Waals surface area (Å²) in [7, 11) is 1.28. The van der Waals surface area contributed by atoms with E-state index in [9.17, 15) is 14.7 Å². The normalized spacial score (nSPS) is 16.1. The first-order valence-corrected chi connectivity index (χ1v) is 12.1. The first kappa shape index (κ1) is 26.5. The Morgan fingerprint density at radius 1 is 1.13 bits per heavy atom. The Morgan fingerprint density at radius 3 is 2.71 bits per heavy atom. The first-order valence-electron chi connectivity index (χ1n) is 12.1. The smallest absolute Gasteiger partial charge is 0.337 e. The second-order valence-corrected chi connectivity index (χ2v) is 8.48. The number of nitrogens with zero attached hydrogens (tertiary/aromatic N) is 1. The van der Waals surface area contributed by atoms with Gasteiger partial charge in [-0.2, -0.15) is 5.10 Å². The predicted molar refractivity (Wildman–Crippen MR) is 143 cm³/mol. The Labute approximate surface area is 220 Å². The number of amides is 2. The second kappa shape index (κ2) is 12.1. The third-order valence-corrected chi connectivity index (χ3v) is 5.92. The van der Waals surface area contributed by atoms with Crippen molar-refractivity contribution in [3.63, 3.8) is 0 Å². The molecule has 10 nitrogen and oxygen atoms in total. The standard InChI is InChI=1S/C28H30N4O6/c1-4-37-23-14-19(26-25(27(34)36-3)17(2)30-28(35)31-26)12-13-22(23)38-16-24(33)32-29-15-20-10-7-9-18-8-5-6-11-21(18)20/h5-15,24,26,32-33H,4,16H2,1-3H3,(H2,30,31,35)/b29-15+/t24-,26+/m1/s1. The minimum atomic E-state index is -1.09. The zero-order valence-corrected chi connectivity index (χ0v) is 21.4. The summed E-state index contributed by atoms with van der Waals surface area (Å²) in [6.45, 7) is 3.71. The highest BCUT2D eigenvalue weighted by Crippen LogP contribution is 2.34. The first-order chi connectivity index (χ1) is 18.4. The molecule has 0 saturated heterocycles. The Morgan fingerprint density at radius 2 is 1.92 bits per heavy atom. The largest absolute Gasteiger partial charge is 0.490 e. The fraction of sp³-hybridized carbons (Fsp3) is 0.250. The fourth-order valence-corrected chi connectivity index (χ4v) is 4.18. The summed E-state index contributed by atoms with van der Waals surface area (Å²) >= 11 is 0. The van der Waals surface area contributed by atoms with E-state index in [1.165, 1.54) is 7.11 Å². The highest BCUT2D eigenvalue weighted by atomic mass is 16.5. The predicted octanol–water partition coefficient (Wildman–Crippen LogP) is 3.36. The number of ether oxygens (including phenoxy) is 3. The van der Waals surface area contributed by atoms with Crippen molar-refractivity contribution < 1.29 is 28.9 Å². The van der Waals surface area contributed by atoms with Crippen LogP contribution in [-0.2, 0) is 9.53 Å². The maximum atomic E-state index is 12.4. The van der Waals surface area contributed by atoms with Crippen molar-refractivity contribution in [2.75, 3.05) is 20.3 Å². The Bertz CT molecular complexity index is 1380. The monoisotopic (exact) mass is 518 g/mol. The molecule has 3 aromatic carbocycles. The molecule has 3 aromatic rings. The molecule has 0 aliphatic carbocycles. The van der Waals surface area contributed by atoms with E-state index < -0.39 is 24.3 Å². The summed E-state index contributed by atoms with van der Waals surface area (Å²) in [5, 5.41) is 22.0. The van der Waals surface area contributed by atoms with Crippen LogP contribution in [0.1, 0.15) is 31.0 Å². The van der Waals surface area contributed by atoms with E-state index in [0.29, 0.717) is 29.4 Å². The van der Waals surface area contributed by atoms with Crippen LogP contribution in [0.5, 0.6) is 11.5 Å². The maximum Gasteiger partial charge on any atom is 0.337 e. The number of hydrazone groups is 1. The van der Waals surface area contributed by atoms with Crippen molar-refractivity contribution in [1.29, 1.82) is 0 Å². The van der Waals surface area contributed by atoms with E-state index >= 15 is 0 Å². The zero-order chi connectivity index (χ0) is 27.1. The summed E-state index contributed by atoms with van der Waals surface area (Å²) in [4.78, 5) is 24.5. The highest BCUT2D eigenvalue weighted by Gasteiger charge is 2.32. The number of aliphatic hydroxyl groups is 1. The van der Waals surface area contributed by atoms with Crippen LogP contribution in [0.2, 0.25) is 0 Å². The molecule has 0 aromatic heterocycles. The summed E-state index contributed by atoms with van der Waals surface area (Å²) in [5.74, 6) is 0.220. The molecule has 0 unspecified atom stereocenters. The molecule has 38 heavy (non-hydrogen) atoms. The van der Waals surface area contributed by atoms with Gasteiger partial charge in [0.25, 0.3) is 0 Å². The molecular formula is C28H30N4O6. The van der Waals surface area contributed by atoms with Gasteiger partial charge in [-0.25, -0.2) is 9.59 Å². The molecule has 0 saturated carbocycles. The molecular weight excluding hydrogens is 488 g/mol. The lowest BCUT2D eigenvalue weighted by Crippen LogP contribution is -2.45. The summed E-state index contributed by atoms with van der Waals surface area (Å²) in [6, 6.07) is 17.8. The van der Waals surface area contributed by atoms with Gasteiger partial charge in [0.2, 0.25) is 0 Å². The van der Waals surface area contributed by atoms with Gasteiger partial charge in [0.05, 0.1) is 31.5 Å². The number of hydrogen-bond acceptors (Lipinski definition) is 8. The molecule has 2 atom stereocenters. The van der Waals surface area contributed by atoms with Crippen LogP contribution in [0.15, 0.2) is 77.0 Å². The third-order valence-electron chi connectivity index (χ3n) is 5.92. The van der Waals surface area contributed by atoms with Crippen LogP contribution in [0.3, 0.4) is 0 Å². The van der Waals surface area contributed by atoms with Gasteiger partial charge >= 0.3 is 12.0 Å². The third kappa shape index (κ3) is 6.04. The van der Waals surface area contributed by atoms with Crippen LogP contribution in [0, 0.1) is 0 Å². The highest BCUT2D eigenvalue weighted by molar-refractivity contribution is 5.99. The molecule has 0 bridgehead atoms. The minimum absolute atomic E-state index is 0.108. The fourth-order valence-electron chi connectivity index (χ4n) is 4.18. The SMILES string of the molecule is CCOc1cc([C@@H]2NC(=O)NC(C)=C2C(=O)OC)ccc1OC[C@@H](O)N/N=C/c1cccc2ccccc12. The van der Waals surface area contributed by atoms with Crippen molar-refractivity contribution in [2.24, 2.45) is 5.10 Å². The molecule has 2 amide bonds. The summed E-state index contributed by atoms with van der Waals surface area (Å²) in [5.41, 5.74) is 4.87. The van der Waals surface area contributed by atoms with E-state index in [4.69, 9.17) is 14.2 Å². The molecule has 4 N–H and O–H groups in total. The number of allylic oxidation sites excluding steroid dienone is 1. The molecule has 4 rings (SSSR count). The van der Waals surface area contributed by atoms with E-state index in [-0.39, 0.29) is 12.2 Å². The average molecular weight is 519 g/mol. The van der Waals surface area contributed by atoms with Crippen LogP contribution in [-0.4, -0.2) is 49.9 Å². The van der Waals surface area contributed by atoms with Gasteiger partial charge in [0.15, 0.2) is 17.7 Å². The number of methoxy groups -OCH3 is 1. The van der Waals surface area contributed by atoms with Crippen molar-refractivity contribution in [3.05, 3.63) is 83.1 Å². The van der Waals surface area contributed by atoms with E-state index in [0.717, 1.165) is 16.3 Å². The number of rotatable bonds is 10. The number of urea groups is 1. The molecule has 1 aliphatic rings. The van der Waals surface area contributed by atoms with Crippen LogP contribution in [0.4, 0.5) is 4.79 Å². The number of benzene rings is 3. The summed E-state index contributed by atoms with van der Waals surface area (Å²) in [6.07, 6.45) is 0.559. The summed E-state index contributed by atoms with van der Waals surface area (Å²) < 4.78 is 16.4. The topological polar surface area (TPSA) is 131 Å². The van der Waals surface area contributed by atoms with Crippen LogP contribution in [0.25, 0.3) is 10.8 Å². The van der Waals surface area contributed by atoms with Gasteiger partial charge in [0.1, 0.15) is 6.61 Å². The number of esters is 1. The number of aliphatic hydroxyl groups excluding tert-OH is 1. The van der Waals surface area contributed by atoms with Gasteiger partial charge in [0, 0.05) is 11.3 Å². The minimum Gasteiger partial charge on any atom is -0.490 e. The van der Waals surface area contributed by atoms with Crippen LogP contribution < -0.4 is 25.5 Å². The number of carbonyl (C=O) groups is 2. The number of carbonyl (C=O) groups excluding carboxylic acids is 2.